The molecule has 0 bridgehead atoms. The van der Waals surface area contributed by atoms with Gasteiger partial charge in [-0.25, -0.2) is 4.79 Å². The van der Waals surface area contributed by atoms with E-state index in [0.29, 0.717) is 12.2 Å². The van der Waals surface area contributed by atoms with Gasteiger partial charge in [0.15, 0.2) is 0 Å². The van der Waals surface area contributed by atoms with Gasteiger partial charge in [0.25, 0.3) is 0 Å². The third-order valence-corrected chi connectivity index (χ3v) is 3.48. The Bertz CT molecular complexity index is 394. The van der Waals surface area contributed by atoms with Gasteiger partial charge >= 0.3 is 5.97 Å². The lowest BCUT2D eigenvalue weighted by molar-refractivity contribution is 0.0697. The van der Waals surface area contributed by atoms with Crippen molar-refractivity contribution < 1.29 is 14.6 Å². The number of benzene rings is 1. The van der Waals surface area contributed by atoms with Crippen LogP contribution in [0.15, 0.2) is 24.3 Å². The van der Waals surface area contributed by atoms with Gasteiger partial charge in [0.2, 0.25) is 0 Å². The van der Waals surface area contributed by atoms with Crippen LogP contribution in [0.4, 0.5) is 0 Å². The molecule has 1 saturated heterocycles. The minimum atomic E-state index is -0.906. The molecule has 1 heterocycles. The summed E-state index contributed by atoms with van der Waals surface area (Å²) >= 11 is 0. The zero-order valence-corrected chi connectivity index (χ0v) is 11.2. The summed E-state index contributed by atoms with van der Waals surface area (Å²) in [5.74, 6) is -0.170. The first-order valence-electron chi connectivity index (χ1n) is 6.94. The first kappa shape index (κ1) is 13.9. The minimum Gasteiger partial charge on any atom is -0.492 e. The second-order valence-corrected chi connectivity index (χ2v) is 4.93. The lowest BCUT2D eigenvalue weighted by Crippen LogP contribution is -2.29. The van der Waals surface area contributed by atoms with E-state index in [2.05, 4.69) is 4.90 Å². The Balaban J connectivity index is 1.74. The Labute approximate surface area is 114 Å². The summed E-state index contributed by atoms with van der Waals surface area (Å²) < 4.78 is 5.65. The number of rotatable bonds is 5. The van der Waals surface area contributed by atoms with Crippen molar-refractivity contribution in [2.24, 2.45) is 0 Å². The molecule has 0 atom stereocenters. The molecular weight excluding hydrogens is 242 g/mol. The monoisotopic (exact) mass is 263 g/mol. The van der Waals surface area contributed by atoms with Crippen LogP contribution in [0.25, 0.3) is 0 Å². The van der Waals surface area contributed by atoms with Gasteiger partial charge < -0.3 is 9.84 Å². The van der Waals surface area contributed by atoms with Gasteiger partial charge in [-0.3, -0.25) is 4.90 Å². The summed E-state index contributed by atoms with van der Waals surface area (Å²) in [6, 6.07) is 6.57. The van der Waals surface area contributed by atoms with Crippen LogP contribution in [0.5, 0.6) is 5.75 Å². The molecule has 1 aromatic rings. The minimum absolute atomic E-state index is 0.292. The average molecular weight is 263 g/mol. The van der Waals surface area contributed by atoms with E-state index < -0.39 is 5.97 Å². The maximum absolute atomic E-state index is 10.7. The van der Waals surface area contributed by atoms with Crippen LogP contribution in [0, 0.1) is 0 Å². The number of carboxylic acids is 1. The summed E-state index contributed by atoms with van der Waals surface area (Å²) in [4.78, 5) is 13.2. The van der Waals surface area contributed by atoms with Crippen molar-refractivity contribution in [2.45, 2.75) is 25.7 Å². The fraction of sp³-hybridized carbons (Fsp3) is 0.533. The van der Waals surface area contributed by atoms with Crippen molar-refractivity contribution in [3.8, 4) is 5.75 Å². The molecule has 1 N–H and O–H groups in total. The highest BCUT2D eigenvalue weighted by molar-refractivity contribution is 5.87. The number of likely N-dealkylation sites (tertiary alicyclic amines) is 1. The van der Waals surface area contributed by atoms with Gasteiger partial charge in [0.05, 0.1) is 5.56 Å². The van der Waals surface area contributed by atoms with Crippen LogP contribution in [-0.2, 0) is 0 Å². The molecule has 104 valence electrons. The first-order chi connectivity index (χ1) is 9.25. The molecule has 0 aromatic heterocycles. The largest absolute Gasteiger partial charge is 0.492 e. The molecule has 0 radical (unpaired) electrons. The van der Waals surface area contributed by atoms with Gasteiger partial charge in [-0.1, -0.05) is 12.8 Å². The van der Waals surface area contributed by atoms with E-state index in [1.807, 2.05) is 0 Å². The van der Waals surface area contributed by atoms with Crippen LogP contribution in [0.3, 0.4) is 0 Å². The van der Waals surface area contributed by atoms with Gasteiger partial charge in [-0.15, -0.1) is 0 Å². The number of hydrogen-bond donors (Lipinski definition) is 1. The number of carbonyl (C=O) groups is 1. The van der Waals surface area contributed by atoms with E-state index >= 15 is 0 Å². The SMILES string of the molecule is O=C(O)c1ccc(OCCN2CCCCCC2)cc1. The molecule has 0 amide bonds. The maximum atomic E-state index is 10.7. The van der Waals surface area contributed by atoms with E-state index in [-0.39, 0.29) is 0 Å². The molecule has 19 heavy (non-hydrogen) atoms. The Morgan fingerprint density at radius 2 is 1.74 bits per heavy atom. The third-order valence-electron chi connectivity index (χ3n) is 3.48. The van der Waals surface area contributed by atoms with Crippen molar-refractivity contribution in [3.05, 3.63) is 29.8 Å². The lowest BCUT2D eigenvalue weighted by Gasteiger charge is -2.19. The molecule has 0 aliphatic carbocycles. The number of hydrogen-bond acceptors (Lipinski definition) is 3. The van der Waals surface area contributed by atoms with E-state index in [0.717, 1.165) is 12.3 Å². The smallest absolute Gasteiger partial charge is 0.335 e. The van der Waals surface area contributed by atoms with Gasteiger partial charge in [0.1, 0.15) is 12.4 Å². The highest BCUT2D eigenvalue weighted by Gasteiger charge is 2.08. The molecule has 0 spiro atoms. The molecule has 1 aliphatic rings. The second-order valence-electron chi connectivity index (χ2n) is 4.93. The molecule has 2 rings (SSSR count). The van der Waals surface area contributed by atoms with Crippen molar-refractivity contribution >= 4 is 5.97 Å². The molecule has 0 unspecified atom stereocenters. The predicted octanol–water partition coefficient (Wildman–Crippen LogP) is 2.64. The van der Waals surface area contributed by atoms with Crippen molar-refractivity contribution in [1.29, 1.82) is 0 Å². The van der Waals surface area contributed by atoms with Gasteiger partial charge in [-0.2, -0.15) is 0 Å². The quantitative estimate of drug-likeness (QED) is 0.887. The zero-order chi connectivity index (χ0) is 13.5. The van der Waals surface area contributed by atoms with E-state index in [4.69, 9.17) is 9.84 Å². The van der Waals surface area contributed by atoms with Crippen molar-refractivity contribution in [1.82, 2.24) is 4.90 Å². The Kier molecular flexibility index (Phi) is 5.21. The van der Waals surface area contributed by atoms with Crippen LogP contribution < -0.4 is 4.74 Å². The lowest BCUT2D eigenvalue weighted by atomic mass is 10.2. The van der Waals surface area contributed by atoms with Gasteiger partial charge in [0, 0.05) is 6.54 Å². The molecule has 1 aromatic carbocycles. The summed E-state index contributed by atoms with van der Waals surface area (Å²) in [6.45, 7) is 3.94. The highest BCUT2D eigenvalue weighted by atomic mass is 16.5. The third kappa shape index (κ3) is 4.56. The standard InChI is InChI=1S/C15H21NO3/c17-15(18)13-5-7-14(8-6-13)19-12-11-16-9-3-1-2-4-10-16/h5-8H,1-4,9-12H2,(H,17,18). The molecular formula is C15H21NO3. The number of aromatic carboxylic acids is 1. The van der Waals surface area contributed by atoms with Crippen molar-refractivity contribution in [2.75, 3.05) is 26.2 Å². The topological polar surface area (TPSA) is 49.8 Å². The Morgan fingerprint density at radius 1 is 1.11 bits per heavy atom. The van der Waals surface area contributed by atoms with E-state index in [9.17, 15) is 4.79 Å². The average Bonchev–Trinajstić information content (AvgIpc) is 2.68. The summed E-state index contributed by atoms with van der Waals surface area (Å²) in [5.41, 5.74) is 0.292. The van der Waals surface area contributed by atoms with Crippen LogP contribution in [-0.4, -0.2) is 42.2 Å². The molecule has 0 saturated carbocycles. The predicted molar refractivity (Wildman–Crippen MR) is 73.8 cm³/mol. The zero-order valence-electron chi connectivity index (χ0n) is 11.2. The molecule has 4 nitrogen and oxygen atoms in total. The Hall–Kier alpha value is -1.55. The molecule has 4 heteroatoms. The fourth-order valence-electron chi connectivity index (χ4n) is 2.35. The van der Waals surface area contributed by atoms with Gasteiger partial charge in [-0.05, 0) is 50.2 Å². The number of carboxylic acid groups (broad SMARTS) is 1. The second kappa shape index (κ2) is 7.14. The highest BCUT2D eigenvalue weighted by Crippen LogP contribution is 2.13. The Morgan fingerprint density at radius 3 is 2.32 bits per heavy atom. The molecule has 1 aliphatic heterocycles. The summed E-state index contributed by atoms with van der Waals surface area (Å²) in [6.07, 6.45) is 5.25. The number of ether oxygens (including phenoxy) is 1. The van der Waals surface area contributed by atoms with E-state index in [1.54, 1.807) is 24.3 Å². The van der Waals surface area contributed by atoms with Crippen molar-refractivity contribution in [3.63, 3.8) is 0 Å². The maximum Gasteiger partial charge on any atom is 0.335 e. The fourth-order valence-corrected chi connectivity index (χ4v) is 2.35. The van der Waals surface area contributed by atoms with Crippen LogP contribution >= 0.6 is 0 Å². The number of nitrogens with zero attached hydrogens (tertiary/aromatic N) is 1. The summed E-state index contributed by atoms with van der Waals surface area (Å²) in [7, 11) is 0. The molecule has 1 fully saturated rings. The van der Waals surface area contributed by atoms with Crippen LogP contribution in [0.1, 0.15) is 36.0 Å². The van der Waals surface area contributed by atoms with E-state index in [1.165, 1.54) is 38.8 Å². The normalized spacial score (nSPS) is 16.8. The summed E-state index contributed by atoms with van der Waals surface area (Å²) in [5, 5.41) is 8.80. The van der Waals surface area contributed by atoms with Crippen LogP contribution in [0.2, 0.25) is 0 Å². The first-order valence-corrected chi connectivity index (χ1v) is 6.94.